The number of aliphatic hydroxyl groups is 1. The van der Waals surface area contributed by atoms with Crippen LogP contribution in [-0.2, 0) is 4.74 Å². The molecule has 3 atom stereocenters. The van der Waals surface area contributed by atoms with Crippen molar-refractivity contribution in [3.63, 3.8) is 0 Å². The molecule has 100 valence electrons. The summed E-state index contributed by atoms with van der Waals surface area (Å²) < 4.78 is 6.10. The molecule has 0 aliphatic carbocycles. The molecule has 0 spiro atoms. The molecular weight excluding hydrogens is 244 g/mol. The van der Waals surface area contributed by atoms with Crippen LogP contribution in [0.15, 0.2) is 35.2 Å². The van der Waals surface area contributed by atoms with Crippen molar-refractivity contribution in [2.24, 2.45) is 0 Å². The van der Waals surface area contributed by atoms with Gasteiger partial charge in [0.1, 0.15) is 0 Å². The van der Waals surface area contributed by atoms with Crippen molar-refractivity contribution >= 4 is 11.8 Å². The number of benzene rings is 1. The fourth-order valence-electron chi connectivity index (χ4n) is 2.62. The van der Waals surface area contributed by atoms with Gasteiger partial charge in [-0.3, -0.25) is 0 Å². The molecule has 0 bridgehead atoms. The van der Waals surface area contributed by atoms with Gasteiger partial charge in [0, 0.05) is 16.8 Å². The molecule has 0 aromatic heterocycles. The average molecular weight is 266 g/mol. The van der Waals surface area contributed by atoms with E-state index in [-0.39, 0.29) is 12.2 Å². The van der Waals surface area contributed by atoms with E-state index in [1.807, 2.05) is 17.8 Å². The Hall–Kier alpha value is -0.510. The summed E-state index contributed by atoms with van der Waals surface area (Å²) in [6.07, 6.45) is 3.14. The molecule has 0 unspecified atom stereocenters. The van der Waals surface area contributed by atoms with Crippen LogP contribution in [0.25, 0.3) is 0 Å². The fourth-order valence-corrected chi connectivity index (χ4v) is 4.05. The summed E-state index contributed by atoms with van der Waals surface area (Å²) in [6.45, 7) is 4.57. The van der Waals surface area contributed by atoms with Gasteiger partial charge in [-0.2, -0.15) is 0 Å². The Morgan fingerprint density at radius 3 is 2.78 bits per heavy atom. The Morgan fingerprint density at radius 1 is 1.39 bits per heavy atom. The van der Waals surface area contributed by atoms with Crippen LogP contribution < -0.4 is 0 Å². The second kappa shape index (κ2) is 6.09. The van der Waals surface area contributed by atoms with E-state index >= 15 is 0 Å². The van der Waals surface area contributed by atoms with Gasteiger partial charge in [0.25, 0.3) is 0 Å². The number of ether oxygens (including phenoxy) is 1. The third kappa shape index (κ3) is 3.28. The monoisotopic (exact) mass is 266 g/mol. The van der Waals surface area contributed by atoms with Gasteiger partial charge in [0.15, 0.2) is 0 Å². The zero-order chi connectivity index (χ0) is 13.0. The van der Waals surface area contributed by atoms with Gasteiger partial charge in [-0.25, -0.2) is 0 Å². The molecule has 1 aliphatic heterocycles. The fraction of sp³-hybridized carbons (Fsp3) is 0.600. The lowest BCUT2D eigenvalue weighted by molar-refractivity contribution is -0.0272. The minimum Gasteiger partial charge on any atom is -0.396 e. The molecule has 2 nitrogen and oxygen atoms in total. The molecule has 0 saturated carbocycles. The average Bonchev–Trinajstić information content (AvgIpc) is 2.63. The highest BCUT2D eigenvalue weighted by Gasteiger charge is 2.43. The van der Waals surface area contributed by atoms with E-state index in [9.17, 15) is 0 Å². The van der Waals surface area contributed by atoms with Gasteiger partial charge >= 0.3 is 0 Å². The smallest absolute Gasteiger partial charge is 0.0781 e. The van der Waals surface area contributed by atoms with Crippen molar-refractivity contribution in [1.82, 2.24) is 0 Å². The number of hydrogen-bond donors (Lipinski definition) is 1. The van der Waals surface area contributed by atoms with E-state index in [1.54, 1.807) is 0 Å². The lowest BCUT2D eigenvalue weighted by atomic mass is 9.96. The Labute approximate surface area is 114 Å². The van der Waals surface area contributed by atoms with Gasteiger partial charge < -0.3 is 9.84 Å². The Kier molecular flexibility index (Phi) is 4.71. The molecule has 0 radical (unpaired) electrons. The molecule has 1 aromatic carbocycles. The topological polar surface area (TPSA) is 29.5 Å². The summed E-state index contributed by atoms with van der Waals surface area (Å²) in [7, 11) is 0. The van der Waals surface area contributed by atoms with E-state index in [2.05, 4.69) is 38.1 Å². The van der Waals surface area contributed by atoms with Gasteiger partial charge in [0.2, 0.25) is 0 Å². The van der Waals surface area contributed by atoms with E-state index < -0.39 is 0 Å². The maximum absolute atomic E-state index is 9.02. The molecule has 0 amide bonds. The minimum atomic E-state index is -0.108. The first kappa shape index (κ1) is 13.9. The normalized spacial score (nSPS) is 31.7. The SMILES string of the molecule is C[C@@H]1C[C@@H](Sc2ccccc2)[C@](C)(CCCO)O1. The third-order valence-corrected chi connectivity index (χ3v) is 5.07. The van der Waals surface area contributed by atoms with Crippen molar-refractivity contribution in [2.45, 2.75) is 55.0 Å². The highest BCUT2D eigenvalue weighted by molar-refractivity contribution is 8.00. The highest BCUT2D eigenvalue weighted by atomic mass is 32.2. The molecule has 1 aromatic rings. The van der Waals surface area contributed by atoms with Crippen molar-refractivity contribution < 1.29 is 9.84 Å². The quantitative estimate of drug-likeness (QED) is 0.884. The first-order valence-electron chi connectivity index (χ1n) is 6.64. The number of thioether (sulfide) groups is 1. The molecule has 3 heteroatoms. The molecule has 18 heavy (non-hydrogen) atoms. The lowest BCUT2D eigenvalue weighted by Gasteiger charge is -2.30. The zero-order valence-electron chi connectivity index (χ0n) is 11.1. The Balaban J connectivity index is 2.05. The summed E-state index contributed by atoms with van der Waals surface area (Å²) in [5, 5.41) is 9.49. The number of aliphatic hydroxyl groups excluding tert-OH is 1. The first-order valence-corrected chi connectivity index (χ1v) is 7.52. The summed E-state index contributed by atoms with van der Waals surface area (Å²) >= 11 is 1.91. The predicted octanol–water partition coefficient (Wildman–Crippen LogP) is 3.49. The van der Waals surface area contributed by atoms with Crippen LogP contribution in [0.5, 0.6) is 0 Å². The lowest BCUT2D eigenvalue weighted by Crippen LogP contribution is -2.34. The molecule has 1 saturated heterocycles. The van der Waals surface area contributed by atoms with Crippen LogP contribution >= 0.6 is 11.8 Å². The maximum atomic E-state index is 9.02. The summed E-state index contributed by atoms with van der Waals surface area (Å²) in [5.41, 5.74) is -0.108. The maximum Gasteiger partial charge on any atom is 0.0781 e. The molecule has 2 rings (SSSR count). The van der Waals surface area contributed by atoms with Crippen LogP contribution in [0.1, 0.15) is 33.1 Å². The van der Waals surface area contributed by atoms with Gasteiger partial charge in [0.05, 0.1) is 11.7 Å². The van der Waals surface area contributed by atoms with Crippen molar-refractivity contribution in [2.75, 3.05) is 6.61 Å². The van der Waals surface area contributed by atoms with Crippen LogP contribution in [-0.4, -0.2) is 28.7 Å². The predicted molar refractivity (Wildman–Crippen MR) is 76.0 cm³/mol. The van der Waals surface area contributed by atoms with Gasteiger partial charge in [-0.05, 0) is 45.2 Å². The van der Waals surface area contributed by atoms with Crippen LogP contribution in [0.2, 0.25) is 0 Å². The van der Waals surface area contributed by atoms with Crippen LogP contribution in [0.3, 0.4) is 0 Å². The summed E-state index contributed by atoms with van der Waals surface area (Å²) in [5.74, 6) is 0. The van der Waals surface area contributed by atoms with E-state index in [4.69, 9.17) is 9.84 Å². The zero-order valence-corrected chi connectivity index (χ0v) is 12.0. The van der Waals surface area contributed by atoms with Crippen molar-refractivity contribution in [1.29, 1.82) is 0 Å². The molecule has 1 N–H and O–H groups in total. The first-order chi connectivity index (χ1) is 8.64. The second-order valence-electron chi connectivity index (χ2n) is 5.22. The Morgan fingerprint density at radius 2 is 2.11 bits per heavy atom. The van der Waals surface area contributed by atoms with E-state index in [0.29, 0.717) is 11.4 Å². The van der Waals surface area contributed by atoms with Crippen LogP contribution in [0.4, 0.5) is 0 Å². The van der Waals surface area contributed by atoms with Gasteiger partial charge in [-0.15, -0.1) is 11.8 Å². The van der Waals surface area contributed by atoms with Crippen molar-refractivity contribution in [3.05, 3.63) is 30.3 Å². The van der Waals surface area contributed by atoms with Crippen LogP contribution in [0, 0.1) is 0 Å². The number of hydrogen-bond acceptors (Lipinski definition) is 3. The third-order valence-electron chi connectivity index (χ3n) is 3.55. The van der Waals surface area contributed by atoms with E-state index in [0.717, 1.165) is 19.3 Å². The Bertz CT molecular complexity index is 368. The molecule has 1 heterocycles. The van der Waals surface area contributed by atoms with Crippen molar-refractivity contribution in [3.8, 4) is 0 Å². The highest BCUT2D eigenvalue weighted by Crippen LogP contribution is 2.44. The van der Waals surface area contributed by atoms with Gasteiger partial charge in [-0.1, -0.05) is 18.2 Å². The number of rotatable bonds is 5. The second-order valence-corrected chi connectivity index (χ2v) is 6.50. The minimum absolute atomic E-state index is 0.108. The standard InChI is InChI=1S/C15H22O2S/c1-12-11-14(15(2,17-12)9-6-10-16)18-13-7-4-3-5-8-13/h3-5,7-8,12,14,16H,6,9-11H2,1-2H3/t12-,14-,15+/m1/s1. The summed E-state index contributed by atoms with van der Waals surface area (Å²) in [6, 6.07) is 10.5. The molecule has 1 fully saturated rings. The largest absolute Gasteiger partial charge is 0.396 e. The van der Waals surface area contributed by atoms with E-state index in [1.165, 1.54) is 4.90 Å². The summed E-state index contributed by atoms with van der Waals surface area (Å²) in [4.78, 5) is 1.30. The molecule has 1 aliphatic rings. The molecular formula is C15H22O2S.